The largest absolute Gasteiger partial charge is 0.366 e. The molecule has 0 aromatic carbocycles. The highest BCUT2D eigenvalue weighted by Crippen LogP contribution is 2.18. The average molecular weight is 290 g/mol. The zero-order chi connectivity index (χ0) is 15.5. The lowest BCUT2D eigenvalue weighted by atomic mass is 9.97. The summed E-state index contributed by atoms with van der Waals surface area (Å²) >= 11 is 0. The molecular weight excluding hydrogens is 260 g/mol. The first-order valence-corrected chi connectivity index (χ1v) is 8.47. The summed E-state index contributed by atoms with van der Waals surface area (Å²) < 4.78 is 0. The molecule has 1 heterocycles. The number of pyridine rings is 1. The Kier molecular flexibility index (Phi) is 8.72. The quantitative estimate of drug-likeness (QED) is 0.613. The van der Waals surface area contributed by atoms with Crippen LogP contribution in [0.5, 0.6) is 0 Å². The molecule has 0 aliphatic heterocycles. The molecule has 1 amide bonds. The van der Waals surface area contributed by atoms with Crippen LogP contribution in [0.25, 0.3) is 0 Å². The van der Waals surface area contributed by atoms with Crippen molar-refractivity contribution >= 4 is 5.91 Å². The molecule has 0 spiro atoms. The van der Waals surface area contributed by atoms with E-state index < -0.39 is 0 Å². The van der Waals surface area contributed by atoms with Crippen LogP contribution in [0, 0.1) is 0 Å². The third-order valence-electron chi connectivity index (χ3n) is 3.93. The third-order valence-corrected chi connectivity index (χ3v) is 3.93. The Morgan fingerprint density at radius 2 is 1.62 bits per heavy atom. The Labute approximate surface area is 129 Å². The molecule has 0 aliphatic carbocycles. The smallest absolute Gasteiger partial charge is 0.250 e. The molecule has 0 saturated carbocycles. The first kappa shape index (κ1) is 17.7. The molecule has 0 radical (unpaired) electrons. The maximum atomic E-state index is 11.8. The number of amides is 1. The molecule has 3 nitrogen and oxygen atoms in total. The maximum Gasteiger partial charge on any atom is 0.250 e. The van der Waals surface area contributed by atoms with E-state index in [0.29, 0.717) is 5.56 Å². The van der Waals surface area contributed by atoms with Crippen LogP contribution >= 0.6 is 0 Å². The van der Waals surface area contributed by atoms with Gasteiger partial charge >= 0.3 is 0 Å². The van der Waals surface area contributed by atoms with Gasteiger partial charge in [-0.3, -0.25) is 9.78 Å². The molecule has 118 valence electrons. The lowest BCUT2D eigenvalue weighted by Crippen LogP contribution is -2.18. The lowest BCUT2D eigenvalue weighted by Gasteiger charge is -2.11. The molecule has 0 fully saturated rings. The van der Waals surface area contributed by atoms with Gasteiger partial charge in [-0.1, -0.05) is 52.4 Å². The van der Waals surface area contributed by atoms with E-state index in [9.17, 15) is 4.79 Å². The van der Waals surface area contributed by atoms with Crippen LogP contribution < -0.4 is 5.73 Å². The standard InChI is InChI=1S/C18H30N2O/c1-3-5-7-9-11-15-13-14-20-16(17(15)18(19)21)12-10-8-6-4-2/h13-14H,3-12H2,1-2H3,(H2,19,21). The van der Waals surface area contributed by atoms with Crippen LogP contribution in [0.15, 0.2) is 12.3 Å². The number of nitrogens with zero attached hydrogens (tertiary/aromatic N) is 1. The monoisotopic (exact) mass is 290 g/mol. The summed E-state index contributed by atoms with van der Waals surface area (Å²) in [6.45, 7) is 4.40. The highest BCUT2D eigenvalue weighted by molar-refractivity contribution is 5.95. The number of carbonyl (C=O) groups excluding carboxylic acids is 1. The van der Waals surface area contributed by atoms with Crippen molar-refractivity contribution in [2.75, 3.05) is 0 Å². The SMILES string of the molecule is CCCCCCc1ccnc(CCCCCC)c1C(N)=O. The molecule has 0 bridgehead atoms. The predicted molar refractivity (Wildman–Crippen MR) is 88.4 cm³/mol. The number of hydrogen-bond acceptors (Lipinski definition) is 2. The van der Waals surface area contributed by atoms with Crippen molar-refractivity contribution < 1.29 is 4.79 Å². The van der Waals surface area contributed by atoms with E-state index in [1.165, 1.54) is 38.5 Å². The minimum absolute atomic E-state index is 0.320. The third kappa shape index (κ3) is 6.28. The molecule has 0 saturated heterocycles. The van der Waals surface area contributed by atoms with E-state index in [1.54, 1.807) is 0 Å². The fraction of sp³-hybridized carbons (Fsp3) is 0.667. The van der Waals surface area contributed by atoms with E-state index in [4.69, 9.17) is 5.73 Å². The van der Waals surface area contributed by atoms with Crippen LogP contribution in [0.4, 0.5) is 0 Å². The van der Waals surface area contributed by atoms with Crippen LogP contribution in [0.1, 0.15) is 86.8 Å². The van der Waals surface area contributed by atoms with Gasteiger partial charge in [0.05, 0.1) is 11.3 Å². The van der Waals surface area contributed by atoms with E-state index in [1.807, 2.05) is 12.3 Å². The van der Waals surface area contributed by atoms with Crippen molar-refractivity contribution in [3.63, 3.8) is 0 Å². The average Bonchev–Trinajstić information content (AvgIpc) is 2.48. The first-order chi connectivity index (χ1) is 10.2. The minimum atomic E-state index is -0.320. The molecule has 0 unspecified atom stereocenters. The van der Waals surface area contributed by atoms with E-state index in [0.717, 1.165) is 36.9 Å². The Morgan fingerprint density at radius 1 is 1.00 bits per heavy atom. The Hall–Kier alpha value is -1.38. The first-order valence-electron chi connectivity index (χ1n) is 8.47. The van der Waals surface area contributed by atoms with Gasteiger partial charge in [0.1, 0.15) is 0 Å². The number of nitrogens with two attached hydrogens (primary N) is 1. The number of aromatic nitrogens is 1. The number of primary amides is 1. The second-order valence-corrected chi connectivity index (χ2v) is 5.78. The highest BCUT2D eigenvalue weighted by Gasteiger charge is 2.14. The van der Waals surface area contributed by atoms with Gasteiger partial charge in [-0.15, -0.1) is 0 Å². The van der Waals surface area contributed by atoms with Gasteiger partial charge in [0.25, 0.3) is 5.91 Å². The molecule has 1 aromatic rings. The summed E-state index contributed by atoms with van der Waals surface area (Å²) in [5.41, 5.74) is 8.26. The van der Waals surface area contributed by atoms with Gasteiger partial charge in [0.2, 0.25) is 0 Å². The zero-order valence-electron chi connectivity index (χ0n) is 13.7. The summed E-state index contributed by atoms with van der Waals surface area (Å²) in [6, 6.07) is 1.96. The molecule has 3 heteroatoms. The van der Waals surface area contributed by atoms with Crippen molar-refractivity contribution in [1.82, 2.24) is 4.98 Å². The number of hydrogen-bond donors (Lipinski definition) is 1. The van der Waals surface area contributed by atoms with Crippen molar-refractivity contribution in [2.45, 2.75) is 78.1 Å². The topological polar surface area (TPSA) is 56.0 Å². The molecule has 0 aliphatic rings. The summed E-state index contributed by atoms with van der Waals surface area (Å²) in [7, 11) is 0. The summed E-state index contributed by atoms with van der Waals surface area (Å²) in [5.74, 6) is -0.320. The van der Waals surface area contributed by atoms with Gasteiger partial charge < -0.3 is 5.73 Å². The maximum absolute atomic E-state index is 11.8. The minimum Gasteiger partial charge on any atom is -0.366 e. The Balaban J connectivity index is 2.71. The van der Waals surface area contributed by atoms with Gasteiger partial charge in [-0.05, 0) is 37.3 Å². The lowest BCUT2D eigenvalue weighted by molar-refractivity contribution is 0.0998. The fourth-order valence-corrected chi connectivity index (χ4v) is 2.71. The second-order valence-electron chi connectivity index (χ2n) is 5.78. The van der Waals surface area contributed by atoms with E-state index >= 15 is 0 Å². The number of carbonyl (C=O) groups is 1. The Bertz CT molecular complexity index is 399. The predicted octanol–water partition coefficient (Wildman–Crippen LogP) is 4.43. The molecule has 0 atom stereocenters. The normalized spacial score (nSPS) is 10.8. The number of rotatable bonds is 11. The summed E-state index contributed by atoms with van der Waals surface area (Å²) in [4.78, 5) is 16.2. The molecule has 1 aromatic heterocycles. The summed E-state index contributed by atoms with van der Waals surface area (Å²) in [6.07, 6.45) is 13.2. The van der Waals surface area contributed by atoms with Crippen LogP contribution in [0.3, 0.4) is 0 Å². The van der Waals surface area contributed by atoms with Crippen molar-refractivity contribution in [1.29, 1.82) is 0 Å². The fourth-order valence-electron chi connectivity index (χ4n) is 2.71. The summed E-state index contributed by atoms with van der Waals surface area (Å²) in [5, 5.41) is 0. The van der Waals surface area contributed by atoms with E-state index in [-0.39, 0.29) is 5.91 Å². The number of unbranched alkanes of at least 4 members (excludes halogenated alkanes) is 6. The van der Waals surface area contributed by atoms with Crippen LogP contribution in [-0.4, -0.2) is 10.9 Å². The Morgan fingerprint density at radius 3 is 2.19 bits per heavy atom. The van der Waals surface area contributed by atoms with Crippen LogP contribution in [-0.2, 0) is 12.8 Å². The number of aryl methyl sites for hydroxylation is 2. The van der Waals surface area contributed by atoms with Crippen molar-refractivity contribution in [3.05, 3.63) is 29.1 Å². The second kappa shape index (κ2) is 10.4. The van der Waals surface area contributed by atoms with Gasteiger partial charge in [-0.25, -0.2) is 0 Å². The zero-order valence-corrected chi connectivity index (χ0v) is 13.7. The van der Waals surface area contributed by atoms with E-state index in [2.05, 4.69) is 18.8 Å². The molecular formula is C18H30N2O. The van der Waals surface area contributed by atoms with Crippen LogP contribution in [0.2, 0.25) is 0 Å². The van der Waals surface area contributed by atoms with Gasteiger partial charge in [0.15, 0.2) is 0 Å². The van der Waals surface area contributed by atoms with Gasteiger partial charge in [0, 0.05) is 6.20 Å². The highest BCUT2D eigenvalue weighted by atomic mass is 16.1. The molecule has 1 rings (SSSR count). The molecule has 2 N–H and O–H groups in total. The van der Waals surface area contributed by atoms with Crippen molar-refractivity contribution in [3.8, 4) is 0 Å². The van der Waals surface area contributed by atoms with Gasteiger partial charge in [-0.2, -0.15) is 0 Å². The van der Waals surface area contributed by atoms with Crippen molar-refractivity contribution in [2.24, 2.45) is 5.73 Å². The molecule has 21 heavy (non-hydrogen) atoms.